The fraction of sp³-hybridized carbons (Fsp3) is 0.211. The topological polar surface area (TPSA) is 59.8 Å². The van der Waals surface area contributed by atoms with Crippen LogP contribution in [-0.4, -0.2) is 32.6 Å². The number of carbonyl (C=O) groups is 1. The van der Waals surface area contributed by atoms with Crippen molar-refractivity contribution in [3.05, 3.63) is 65.6 Å². The molecule has 0 aliphatic heterocycles. The minimum atomic E-state index is -4.53. The maximum atomic E-state index is 12.7. The van der Waals surface area contributed by atoms with E-state index in [-0.39, 0.29) is 22.0 Å². The fourth-order valence-electron chi connectivity index (χ4n) is 2.59. The number of amides is 1. The van der Waals surface area contributed by atoms with Crippen molar-refractivity contribution in [2.45, 2.75) is 24.2 Å². The van der Waals surface area contributed by atoms with Crippen molar-refractivity contribution in [3.8, 4) is 5.82 Å². The highest BCUT2D eigenvalue weighted by Crippen LogP contribution is 2.32. The van der Waals surface area contributed by atoms with Gasteiger partial charge in [0.2, 0.25) is 0 Å². The molecule has 0 saturated carbocycles. The van der Waals surface area contributed by atoms with Gasteiger partial charge in [0.25, 0.3) is 5.91 Å². The lowest BCUT2D eigenvalue weighted by Gasteiger charge is -2.12. The summed E-state index contributed by atoms with van der Waals surface area (Å²) >= 11 is 0.538. The first kappa shape index (κ1) is 22.7. The molecule has 0 radical (unpaired) electrons. The molecule has 0 aliphatic carbocycles. The zero-order valence-electron chi connectivity index (χ0n) is 15.8. The summed E-state index contributed by atoms with van der Waals surface area (Å²) in [5, 5.41) is 6.54. The van der Waals surface area contributed by atoms with Crippen LogP contribution in [0.25, 0.3) is 5.82 Å². The van der Waals surface area contributed by atoms with Gasteiger partial charge < -0.3 is 5.32 Å². The molecule has 3 aromatic rings. The number of pyridine rings is 1. The van der Waals surface area contributed by atoms with Crippen molar-refractivity contribution in [1.29, 1.82) is 0 Å². The summed E-state index contributed by atoms with van der Waals surface area (Å²) in [7, 11) is 0. The van der Waals surface area contributed by atoms with E-state index in [2.05, 4.69) is 15.4 Å². The van der Waals surface area contributed by atoms with Crippen molar-refractivity contribution in [1.82, 2.24) is 14.8 Å². The number of aromatic nitrogens is 3. The minimum Gasteiger partial charge on any atom is -0.321 e. The van der Waals surface area contributed by atoms with Gasteiger partial charge in [-0.1, -0.05) is 12.1 Å². The molecule has 0 atom stereocenters. The summed E-state index contributed by atoms with van der Waals surface area (Å²) in [6, 6.07) is 8.00. The standard InChI is InChI=1S/C19H14F6N4OS/c1-11-13(9-27-29(11)16-7-6-12(8-26-16)19(23,24)25)17(30)28-14-4-2-3-5-15(14)31-10-18(20,21)22/h2-9H,10H2,1H3,(H,28,30). The van der Waals surface area contributed by atoms with Crippen LogP contribution in [0.5, 0.6) is 0 Å². The van der Waals surface area contributed by atoms with E-state index in [0.29, 0.717) is 23.7 Å². The molecule has 12 heteroatoms. The molecule has 1 N–H and O–H groups in total. The lowest BCUT2D eigenvalue weighted by Crippen LogP contribution is -2.15. The predicted octanol–water partition coefficient (Wildman–Crippen LogP) is 5.50. The summed E-state index contributed by atoms with van der Waals surface area (Å²) in [6.07, 6.45) is -7.04. The third kappa shape index (κ3) is 5.57. The number of benzene rings is 1. The SMILES string of the molecule is Cc1c(C(=O)Nc2ccccc2SCC(F)(F)F)cnn1-c1ccc(C(F)(F)F)cn1. The third-order valence-electron chi connectivity index (χ3n) is 4.07. The number of hydrogen-bond acceptors (Lipinski definition) is 4. The Balaban J connectivity index is 1.80. The highest BCUT2D eigenvalue weighted by molar-refractivity contribution is 7.99. The molecule has 1 aromatic carbocycles. The zero-order valence-corrected chi connectivity index (χ0v) is 16.6. The van der Waals surface area contributed by atoms with E-state index in [4.69, 9.17) is 0 Å². The number of thioether (sulfide) groups is 1. The number of carbonyl (C=O) groups excluding carboxylic acids is 1. The number of nitrogens with one attached hydrogen (secondary N) is 1. The maximum Gasteiger partial charge on any atom is 0.417 e. The number of rotatable bonds is 5. The van der Waals surface area contributed by atoms with Crippen molar-refractivity contribution in [2.75, 3.05) is 11.1 Å². The molecule has 1 amide bonds. The zero-order chi connectivity index (χ0) is 22.8. The van der Waals surface area contributed by atoms with Gasteiger partial charge in [-0.25, -0.2) is 9.67 Å². The van der Waals surface area contributed by atoms with E-state index < -0.39 is 29.6 Å². The van der Waals surface area contributed by atoms with E-state index in [1.807, 2.05) is 0 Å². The van der Waals surface area contributed by atoms with Crippen molar-refractivity contribution < 1.29 is 31.1 Å². The van der Waals surface area contributed by atoms with E-state index >= 15 is 0 Å². The van der Waals surface area contributed by atoms with Crippen LogP contribution >= 0.6 is 11.8 Å². The summed E-state index contributed by atoms with van der Waals surface area (Å²) in [5.74, 6) is -1.67. The number of para-hydroxylation sites is 1. The molecule has 31 heavy (non-hydrogen) atoms. The Kier molecular flexibility index (Phi) is 6.30. The summed E-state index contributed by atoms with van der Waals surface area (Å²) in [5.41, 5.74) is -0.337. The van der Waals surface area contributed by atoms with Gasteiger partial charge in [-0.3, -0.25) is 4.79 Å². The van der Waals surface area contributed by atoms with Gasteiger partial charge in [0.15, 0.2) is 5.82 Å². The van der Waals surface area contributed by atoms with Crippen LogP contribution in [0.2, 0.25) is 0 Å². The summed E-state index contributed by atoms with van der Waals surface area (Å²) in [4.78, 5) is 16.6. The van der Waals surface area contributed by atoms with Crippen molar-refractivity contribution >= 4 is 23.4 Å². The van der Waals surface area contributed by atoms with Gasteiger partial charge in [0, 0.05) is 11.1 Å². The Labute approximate surface area is 176 Å². The molecule has 0 spiro atoms. The first-order chi connectivity index (χ1) is 14.5. The Hall–Kier alpha value is -3.02. The van der Waals surface area contributed by atoms with Crippen LogP contribution in [0, 0.1) is 6.92 Å². The normalized spacial score (nSPS) is 12.1. The second kappa shape index (κ2) is 8.61. The van der Waals surface area contributed by atoms with Gasteiger partial charge in [-0.05, 0) is 31.2 Å². The van der Waals surface area contributed by atoms with Crippen LogP contribution < -0.4 is 5.32 Å². The number of halogens is 6. The van der Waals surface area contributed by atoms with E-state index in [1.165, 1.54) is 29.9 Å². The highest BCUT2D eigenvalue weighted by Gasteiger charge is 2.31. The van der Waals surface area contributed by atoms with E-state index in [9.17, 15) is 31.1 Å². The van der Waals surface area contributed by atoms with Crippen LogP contribution in [0.4, 0.5) is 32.0 Å². The van der Waals surface area contributed by atoms with Gasteiger partial charge >= 0.3 is 12.4 Å². The molecule has 0 bridgehead atoms. The van der Waals surface area contributed by atoms with E-state index in [0.717, 1.165) is 12.1 Å². The van der Waals surface area contributed by atoms with Gasteiger partial charge in [-0.2, -0.15) is 31.4 Å². The molecule has 0 saturated heterocycles. The number of anilines is 1. The second-order valence-electron chi connectivity index (χ2n) is 6.31. The number of alkyl halides is 6. The number of nitrogens with zero attached hydrogens (tertiary/aromatic N) is 3. The van der Waals surface area contributed by atoms with Crippen LogP contribution in [0.3, 0.4) is 0 Å². The average molecular weight is 460 g/mol. The third-order valence-corrected chi connectivity index (χ3v) is 5.21. The molecule has 0 fully saturated rings. The average Bonchev–Trinajstić information content (AvgIpc) is 3.07. The first-order valence-electron chi connectivity index (χ1n) is 8.64. The monoisotopic (exact) mass is 460 g/mol. The van der Waals surface area contributed by atoms with Gasteiger partial charge in [-0.15, -0.1) is 11.8 Å². The first-order valence-corrected chi connectivity index (χ1v) is 9.62. The molecule has 5 nitrogen and oxygen atoms in total. The smallest absolute Gasteiger partial charge is 0.321 e. The maximum absolute atomic E-state index is 12.7. The fourth-order valence-corrected chi connectivity index (χ4v) is 3.36. The molecule has 3 rings (SSSR count). The van der Waals surface area contributed by atoms with Crippen molar-refractivity contribution in [3.63, 3.8) is 0 Å². The molecule has 164 valence electrons. The summed E-state index contributed by atoms with van der Waals surface area (Å²) in [6.45, 7) is 1.52. The van der Waals surface area contributed by atoms with Crippen LogP contribution in [-0.2, 0) is 6.18 Å². The summed E-state index contributed by atoms with van der Waals surface area (Å²) < 4.78 is 76.8. The lowest BCUT2D eigenvalue weighted by atomic mass is 10.2. The van der Waals surface area contributed by atoms with Crippen molar-refractivity contribution in [2.24, 2.45) is 0 Å². The predicted molar refractivity (Wildman–Crippen MR) is 102 cm³/mol. The Morgan fingerprint density at radius 2 is 1.77 bits per heavy atom. The Morgan fingerprint density at radius 1 is 1.06 bits per heavy atom. The van der Waals surface area contributed by atoms with Crippen LogP contribution in [0.1, 0.15) is 21.6 Å². The molecular formula is C19H14F6N4OS. The highest BCUT2D eigenvalue weighted by atomic mass is 32.2. The lowest BCUT2D eigenvalue weighted by molar-refractivity contribution is -0.137. The minimum absolute atomic E-state index is 0.0747. The molecular weight excluding hydrogens is 446 g/mol. The van der Waals surface area contributed by atoms with E-state index in [1.54, 1.807) is 12.1 Å². The Bertz CT molecular complexity index is 1080. The second-order valence-corrected chi connectivity index (χ2v) is 7.33. The molecule has 2 heterocycles. The quantitative estimate of drug-likeness (QED) is 0.404. The van der Waals surface area contributed by atoms with Gasteiger partial charge in [0.1, 0.15) is 0 Å². The molecule has 2 aromatic heterocycles. The molecule has 0 unspecified atom stereocenters. The Morgan fingerprint density at radius 3 is 2.39 bits per heavy atom. The van der Waals surface area contributed by atoms with Crippen LogP contribution in [0.15, 0.2) is 53.7 Å². The molecule has 0 aliphatic rings. The number of hydrogen-bond donors (Lipinski definition) is 1. The largest absolute Gasteiger partial charge is 0.417 e. The van der Waals surface area contributed by atoms with Gasteiger partial charge in [0.05, 0.1) is 34.5 Å².